The Balaban J connectivity index is 0.00000361. The second-order valence-corrected chi connectivity index (χ2v) is 11.4. The lowest BCUT2D eigenvalue weighted by Crippen LogP contribution is -2.33. The molecule has 4 rings (SSSR count). The van der Waals surface area contributed by atoms with E-state index in [1.807, 2.05) is 44.4 Å². The van der Waals surface area contributed by atoms with Crippen LogP contribution in [0.15, 0.2) is 83.8 Å². The lowest BCUT2D eigenvalue weighted by molar-refractivity contribution is 0.0986. The number of hydrogen-bond donors (Lipinski definition) is 0. The third-order valence-corrected chi connectivity index (χ3v) is 8.48. The van der Waals surface area contributed by atoms with E-state index in [-0.39, 0.29) is 23.2 Å². The number of aromatic nitrogens is 1. The number of carbonyl (C=O) groups excluding carboxylic acids is 1. The van der Waals surface area contributed by atoms with Crippen molar-refractivity contribution in [2.75, 3.05) is 43.4 Å². The van der Waals surface area contributed by atoms with Crippen LogP contribution in [0.5, 0.6) is 0 Å². The monoisotopic (exact) mass is 544 g/mol. The summed E-state index contributed by atoms with van der Waals surface area (Å²) in [7, 11) is 1.75. The predicted molar refractivity (Wildman–Crippen MR) is 150 cm³/mol. The zero-order valence-corrected chi connectivity index (χ0v) is 22.8. The van der Waals surface area contributed by atoms with Crippen LogP contribution in [0.2, 0.25) is 0 Å². The maximum atomic E-state index is 13.5. The van der Waals surface area contributed by atoms with Crippen LogP contribution in [0.4, 0.5) is 10.8 Å². The average Bonchev–Trinajstić information content (AvgIpc) is 3.30. The molecule has 10 heteroatoms. The molecule has 3 aromatic carbocycles. The molecule has 0 aliphatic carbocycles. The first-order valence-corrected chi connectivity index (χ1v) is 13.5. The van der Waals surface area contributed by atoms with Crippen molar-refractivity contribution in [3.8, 4) is 0 Å². The number of anilines is 2. The summed E-state index contributed by atoms with van der Waals surface area (Å²) in [6.07, 6.45) is 0.781. The molecule has 36 heavy (non-hydrogen) atoms. The second kappa shape index (κ2) is 11.8. The van der Waals surface area contributed by atoms with Gasteiger partial charge in [0.2, 0.25) is 0 Å². The van der Waals surface area contributed by atoms with Crippen LogP contribution in [-0.4, -0.2) is 58.4 Å². The predicted octanol–water partition coefficient (Wildman–Crippen LogP) is 5.14. The molecule has 7 nitrogen and oxygen atoms in total. The van der Waals surface area contributed by atoms with Gasteiger partial charge in [-0.1, -0.05) is 41.7 Å². The fourth-order valence-corrected chi connectivity index (χ4v) is 5.85. The lowest BCUT2D eigenvalue weighted by Gasteiger charge is -2.22. The van der Waals surface area contributed by atoms with E-state index in [2.05, 4.69) is 9.88 Å². The smallest absolute Gasteiger partial charge is 0.264 e. The summed E-state index contributed by atoms with van der Waals surface area (Å²) in [6, 6.07) is 22.8. The molecule has 0 N–H and O–H groups in total. The number of amides is 1. The Kier molecular flexibility index (Phi) is 9.08. The Morgan fingerprint density at radius 3 is 2.14 bits per heavy atom. The maximum absolute atomic E-state index is 13.5. The van der Waals surface area contributed by atoms with Crippen LogP contribution in [0.25, 0.3) is 10.2 Å². The fraction of sp³-hybridized carbons (Fsp3) is 0.231. The summed E-state index contributed by atoms with van der Waals surface area (Å²) < 4.78 is 28.4. The normalized spacial score (nSPS) is 11.3. The van der Waals surface area contributed by atoms with Gasteiger partial charge in [0.1, 0.15) is 0 Å². The zero-order valence-electron chi connectivity index (χ0n) is 20.4. The third kappa shape index (κ3) is 6.04. The van der Waals surface area contributed by atoms with Gasteiger partial charge < -0.3 is 4.90 Å². The van der Waals surface area contributed by atoms with Gasteiger partial charge in [-0.25, -0.2) is 13.4 Å². The summed E-state index contributed by atoms with van der Waals surface area (Å²) in [5.74, 6) is -0.205. The van der Waals surface area contributed by atoms with Gasteiger partial charge in [0.25, 0.3) is 15.9 Å². The standard InChI is InChI=1S/C26H28N4O3S2.ClH/c1-28(2)18-9-19-30(26-27-23-12-7-8-13-24(23)34-26)25(31)20-14-16-22(17-15-20)35(32,33)29(3)21-10-5-4-6-11-21;/h4-8,10-17H,9,18-19H2,1-3H3;1H. The first kappa shape index (κ1) is 27.6. The maximum Gasteiger partial charge on any atom is 0.264 e. The van der Waals surface area contributed by atoms with Gasteiger partial charge in [-0.2, -0.15) is 0 Å². The molecule has 0 saturated carbocycles. The van der Waals surface area contributed by atoms with E-state index >= 15 is 0 Å². The van der Waals surface area contributed by atoms with E-state index in [0.717, 1.165) is 23.2 Å². The summed E-state index contributed by atoms with van der Waals surface area (Å²) in [5.41, 5.74) is 1.83. The van der Waals surface area contributed by atoms with Crippen LogP contribution in [0.1, 0.15) is 16.8 Å². The number of benzene rings is 3. The molecule has 0 spiro atoms. The van der Waals surface area contributed by atoms with Crippen LogP contribution in [0.3, 0.4) is 0 Å². The van der Waals surface area contributed by atoms with Gasteiger partial charge in [-0.15, -0.1) is 12.4 Å². The van der Waals surface area contributed by atoms with Crippen molar-refractivity contribution in [1.29, 1.82) is 0 Å². The van der Waals surface area contributed by atoms with E-state index in [1.54, 1.807) is 41.3 Å². The van der Waals surface area contributed by atoms with Crippen molar-refractivity contribution in [3.63, 3.8) is 0 Å². The molecule has 0 fully saturated rings. The molecule has 0 aliphatic heterocycles. The number of hydrogen-bond acceptors (Lipinski definition) is 6. The Bertz CT molecular complexity index is 1380. The minimum absolute atomic E-state index is 0. The Hall–Kier alpha value is -2.98. The summed E-state index contributed by atoms with van der Waals surface area (Å²) in [4.78, 5) is 22.1. The first-order chi connectivity index (χ1) is 16.8. The topological polar surface area (TPSA) is 73.8 Å². The highest BCUT2D eigenvalue weighted by atomic mass is 35.5. The zero-order chi connectivity index (χ0) is 25.0. The second-order valence-electron chi connectivity index (χ2n) is 8.41. The van der Waals surface area contributed by atoms with E-state index in [0.29, 0.717) is 22.9 Å². The molecule has 0 unspecified atom stereocenters. The number of halogens is 1. The number of sulfonamides is 1. The highest BCUT2D eigenvalue weighted by Crippen LogP contribution is 2.30. The molecule has 0 atom stereocenters. The van der Waals surface area contributed by atoms with Crippen molar-refractivity contribution in [2.24, 2.45) is 0 Å². The minimum atomic E-state index is -3.76. The molecule has 0 saturated heterocycles. The van der Waals surface area contributed by atoms with Crippen LogP contribution in [0, 0.1) is 0 Å². The largest absolute Gasteiger partial charge is 0.309 e. The van der Waals surface area contributed by atoms with Crippen LogP contribution in [-0.2, 0) is 10.0 Å². The number of thiazole rings is 1. The molecule has 0 bridgehead atoms. The number of carbonyl (C=O) groups is 1. The van der Waals surface area contributed by atoms with E-state index in [1.165, 1.54) is 34.8 Å². The van der Waals surface area contributed by atoms with E-state index in [4.69, 9.17) is 0 Å². The van der Waals surface area contributed by atoms with Gasteiger partial charge in [-0.05, 0) is 75.6 Å². The average molecular weight is 545 g/mol. The highest BCUT2D eigenvalue weighted by Gasteiger charge is 2.24. The molecular formula is C26H29ClN4O3S2. The van der Waals surface area contributed by atoms with Gasteiger partial charge in [0.15, 0.2) is 5.13 Å². The number of nitrogens with zero attached hydrogens (tertiary/aromatic N) is 4. The fourth-order valence-electron chi connectivity index (χ4n) is 3.66. The van der Waals surface area contributed by atoms with Gasteiger partial charge in [0, 0.05) is 19.2 Å². The van der Waals surface area contributed by atoms with Crippen LogP contribution < -0.4 is 9.21 Å². The molecule has 1 aromatic heterocycles. The molecule has 0 aliphatic rings. The van der Waals surface area contributed by atoms with Crippen molar-refractivity contribution in [1.82, 2.24) is 9.88 Å². The summed E-state index contributed by atoms with van der Waals surface area (Å²) >= 11 is 1.47. The summed E-state index contributed by atoms with van der Waals surface area (Å²) in [5, 5.41) is 0.635. The SMILES string of the molecule is CN(C)CCCN(C(=O)c1ccc(S(=O)(=O)N(C)c2ccccc2)cc1)c1nc2ccccc2s1.Cl. The number of fused-ring (bicyclic) bond motifs is 1. The Morgan fingerprint density at radius 2 is 1.50 bits per heavy atom. The molecule has 1 amide bonds. The highest BCUT2D eigenvalue weighted by molar-refractivity contribution is 7.92. The minimum Gasteiger partial charge on any atom is -0.309 e. The quantitative estimate of drug-likeness (QED) is 0.291. The first-order valence-electron chi connectivity index (χ1n) is 11.2. The molecular weight excluding hydrogens is 516 g/mol. The third-order valence-electron chi connectivity index (χ3n) is 5.63. The molecule has 1 heterocycles. The van der Waals surface area contributed by atoms with Crippen LogP contribution >= 0.6 is 23.7 Å². The number of para-hydroxylation sites is 2. The van der Waals surface area contributed by atoms with E-state index < -0.39 is 10.0 Å². The van der Waals surface area contributed by atoms with E-state index in [9.17, 15) is 13.2 Å². The van der Waals surface area contributed by atoms with Crippen molar-refractivity contribution >= 4 is 60.7 Å². The lowest BCUT2D eigenvalue weighted by atomic mass is 10.2. The molecule has 0 radical (unpaired) electrons. The summed E-state index contributed by atoms with van der Waals surface area (Å²) in [6.45, 7) is 1.34. The van der Waals surface area contributed by atoms with Crippen molar-refractivity contribution in [2.45, 2.75) is 11.3 Å². The van der Waals surface area contributed by atoms with Crippen molar-refractivity contribution in [3.05, 3.63) is 84.4 Å². The Morgan fingerprint density at radius 1 is 0.861 bits per heavy atom. The Labute approximate surface area is 222 Å². The van der Waals surface area contributed by atoms with Crippen molar-refractivity contribution < 1.29 is 13.2 Å². The van der Waals surface area contributed by atoms with Gasteiger partial charge in [0.05, 0.1) is 20.8 Å². The molecule has 4 aromatic rings. The number of rotatable bonds is 9. The van der Waals surface area contributed by atoms with Gasteiger partial charge in [-0.3, -0.25) is 14.0 Å². The van der Waals surface area contributed by atoms with Gasteiger partial charge >= 0.3 is 0 Å². The molecule has 190 valence electrons.